The van der Waals surface area contributed by atoms with Gasteiger partial charge in [-0.1, -0.05) is 37.1 Å². The van der Waals surface area contributed by atoms with Gasteiger partial charge in [0.05, 0.1) is 0 Å². The molecule has 6 rings (SSSR count). The lowest BCUT2D eigenvalue weighted by atomic mass is 9.97. The van der Waals surface area contributed by atoms with Crippen molar-refractivity contribution in [2.24, 2.45) is 0 Å². The molecular weight excluding hydrogens is 492 g/mol. The van der Waals surface area contributed by atoms with Crippen molar-refractivity contribution in [3.63, 3.8) is 0 Å². The first-order valence-electron chi connectivity index (χ1n) is 14.2. The first kappa shape index (κ1) is 25.3. The van der Waals surface area contributed by atoms with E-state index >= 15 is 0 Å². The predicted molar refractivity (Wildman–Crippen MR) is 161 cm³/mol. The predicted octanol–water partition coefficient (Wildman–Crippen LogP) is 10.1. The Bertz CT molecular complexity index is 1330. The maximum atomic E-state index is 5.57. The van der Waals surface area contributed by atoms with Crippen LogP contribution in [-0.2, 0) is 22.3 Å². The highest BCUT2D eigenvalue weighted by Gasteiger charge is 2.33. The lowest BCUT2D eigenvalue weighted by Crippen LogP contribution is -1.94. The summed E-state index contributed by atoms with van der Waals surface area (Å²) in [5.74, 6) is 0. The molecule has 0 radical (unpaired) electrons. The maximum Gasteiger partial charge on any atom is 0.0465 e. The second-order valence-electron chi connectivity index (χ2n) is 10.4. The van der Waals surface area contributed by atoms with Gasteiger partial charge in [-0.2, -0.15) is 0 Å². The van der Waals surface area contributed by atoms with Crippen LogP contribution in [0.25, 0.3) is 54.6 Å². The van der Waals surface area contributed by atoms with Crippen LogP contribution >= 0.6 is 22.7 Å². The zero-order valence-corrected chi connectivity index (χ0v) is 24.1. The molecule has 0 saturated heterocycles. The molecule has 4 heteroatoms. The topological polar surface area (TPSA) is 18.5 Å². The van der Waals surface area contributed by atoms with Gasteiger partial charge >= 0.3 is 0 Å². The molecule has 0 atom stereocenters. The van der Waals surface area contributed by atoms with Gasteiger partial charge in [0.25, 0.3) is 0 Å². The highest BCUT2D eigenvalue weighted by atomic mass is 32.1. The van der Waals surface area contributed by atoms with Gasteiger partial charge in [-0.15, -0.1) is 22.7 Å². The molecule has 0 spiro atoms. The Morgan fingerprint density at radius 3 is 1.73 bits per heavy atom. The van der Waals surface area contributed by atoms with Crippen LogP contribution in [0.1, 0.15) is 67.0 Å². The molecule has 0 saturated carbocycles. The Morgan fingerprint density at radius 2 is 1.14 bits per heavy atom. The second-order valence-corrected chi connectivity index (χ2v) is 12.8. The third-order valence-electron chi connectivity index (χ3n) is 7.94. The van der Waals surface area contributed by atoms with Gasteiger partial charge in [0.1, 0.15) is 0 Å². The lowest BCUT2D eigenvalue weighted by Gasteiger charge is -2.09. The zero-order valence-electron chi connectivity index (χ0n) is 22.5. The van der Waals surface area contributed by atoms with Gasteiger partial charge in [0.15, 0.2) is 0 Å². The van der Waals surface area contributed by atoms with Crippen molar-refractivity contribution < 1.29 is 9.47 Å². The van der Waals surface area contributed by atoms with Crippen molar-refractivity contribution in [1.29, 1.82) is 0 Å². The number of hydrogen-bond donors (Lipinski definition) is 0. The minimum absolute atomic E-state index is 0.824. The van der Waals surface area contributed by atoms with Crippen LogP contribution in [0, 0.1) is 6.92 Å². The molecule has 0 fully saturated rings. The van der Waals surface area contributed by atoms with Crippen molar-refractivity contribution in [2.45, 2.75) is 72.1 Å². The number of ether oxygens (including phenoxy) is 2. The summed E-state index contributed by atoms with van der Waals surface area (Å²) in [7, 11) is 0. The van der Waals surface area contributed by atoms with E-state index in [1.54, 1.807) is 20.9 Å². The number of thiophene rings is 2. The van der Waals surface area contributed by atoms with Gasteiger partial charge in [-0.3, -0.25) is 0 Å². The van der Waals surface area contributed by atoms with E-state index < -0.39 is 0 Å². The highest BCUT2D eigenvalue weighted by molar-refractivity contribution is 7.16. The van der Waals surface area contributed by atoms with E-state index in [0.717, 1.165) is 26.4 Å². The van der Waals surface area contributed by atoms with Crippen LogP contribution in [0.5, 0.6) is 0 Å². The van der Waals surface area contributed by atoms with Crippen molar-refractivity contribution in [3.8, 4) is 43.8 Å². The molecule has 0 aliphatic heterocycles. The number of unbranched alkanes of at least 4 members (excludes halogenated alkanes) is 4. The summed E-state index contributed by atoms with van der Waals surface area (Å²) in [6.45, 7) is 9.84. The Kier molecular flexibility index (Phi) is 7.54. The second kappa shape index (κ2) is 11.0. The number of benzene rings is 2. The first-order valence-corrected chi connectivity index (χ1v) is 15.9. The van der Waals surface area contributed by atoms with Crippen molar-refractivity contribution in [3.05, 3.63) is 45.0 Å². The van der Waals surface area contributed by atoms with Gasteiger partial charge in [-0.05, 0) is 92.8 Å². The van der Waals surface area contributed by atoms with Gasteiger partial charge < -0.3 is 9.47 Å². The maximum absolute atomic E-state index is 5.57. The summed E-state index contributed by atoms with van der Waals surface area (Å²) in [5.41, 5.74) is 10.4. The number of rotatable bonds is 14. The van der Waals surface area contributed by atoms with Crippen LogP contribution in [0.4, 0.5) is 0 Å². The molecule has 0 unspecified atom stereocenters. The molecule has 2 aromatic heterocycles. The normalized spacial score (nSPS) is 12.6. The van der Waals surface area contributed by atoms with E-state index in [0.29, 0.717) is 0 Å². The van der Waals surface area contributed by atoms with E-state index in [2.05, 4.69) is 62.4 Å². The standard InChI is InChI=1S/C33H38O2S2/c1-4-34-18-10-6-8-12-27-31-23-15-14-22-26-20-21(3)36-33(26)25-17-16-24(30(23)29(22)25)32(31)28(37-27)13-9-7-11-19-35-5-2/h14-17,20H,4-13,18-19H2,1-3H3. The van der Waals surface area contributed by atoms with Crippen LogP contribution in [-0.4, -0.2) is 26.4 Å². The Labute approximate surface area is 229 Å². The molecular formula is C33H38O2S2. The van der Waals surface area contributed by atoms with Crippen LogP contribution in [0.2, 0.25) is 0 Å². The Balaban J connectivity index is 1.33. The Hall–Kier alpha value is -1.98. The molecule has 194 valence electrons. The third kappa shape index (κ3) is 4.50. The van der Waals surface area contributed by atoms with E-state index in [9.17, 15) is 0 Å². The molecule has 37 heavy (non-hydrogen) atoms. The molecule has 2 heterocycles. The quantitative estimate of drug-likeness (QED) is 0.130. The monoisotopic (exact) mass is 530 g/mol. The van der Waals surface area contributed by atoms with Crippen LogP contribution in [0.3, 0.4) is 0 Å². The van der Waals surface area contributed by atoms with Gasteiger partial charge in [0, 0.05) is 68.2 Å². The smallest absolute Gasteiger partial charge is 0.0465 e. The first-order chi connectivity index (χ1) is 18.2. The zero-order chi connectivity index (χ0) is 25.4. The Morgan fingerprint density at radius 1 is 0.595 bits per heavy atom. The number of hydrogen-bond acceptors (Lipinski definition) is 4. The summed E-state index contributed by atoms with van der Waals surface area (Å²) >= 11 is 4.05. The minimum Gasteiger partial charge on any atom is -0.382 e. The molecule has 2 aliphatic carbocycles. The molecule has 0 N–H and O–H groups in total. The van der Waals surface area contributed by atoms with E-state index in [4.69, 9.17) is 9.47 Å². The molecule has 2 aromatic carbocycles. The van der Waals surface area contributed by atoms with Crippen molar-refractivity contribution in [2.75, 3.05) is 26.4 Å². The van der Waals surface area contributed by atoms with Crippen molar-refractivity contribution in [1.82, 2.24) is 0 Å². The number of aryl methyl sites for hydroxylation is 3. The van der Waals surface area contributed by atoms with Crippen LogP contribution < -0.4 is 0 Å². The average molecular weight is 531 g/mol. The fourth-order valence-corrected chi connectivity index (χ4v) is 8.79. The molecule has 0 bridgehead atoms. The molecule has 0 amide bonds. The molecule has 2 nitrogen and oxygen atoms in total. The summed E-state index contributed by atoms with van der Waals surface area (Å²) < 4.78 is 11.1. The molecule has 4 aromatic rings. The van der Waals surface area contributed by atoms with Crippen LogP contribution in [0.15, 0.2) is 30.3 Å². The third-order valence-corrected chi connectivity index (χ3v) is 10.3. The average Bonchev–Trinajstić information content (AvgIpc) is 3.62. The fraction of sp³-hybridized carbons (Fsp3) is 0.455. The SMILES string of the molecule is CCOCCCCCc1sc(CCCCCOCC)c2c1-c1ccc3c4c(ccc-2c14)-c1sc(C)cc1-3. The lowest BCUT2D eigenvalue weighted by molar-refractivity contribution is 0.143. The summed E-state index contributed by atoms with van der Waals surface area (Å²) in [6.07, 6.45) is 9.66. The number of fused-ring (bicyclic) bond motifs is 6. The van der Waals surface area contributed by atoms with E-state index in [1.807, 2.05) is 11.3 Å². The largest absolute Gasteiger partial charge is 0.382 e. The molecule has 2 aliphatic rings. The summed E-state index contributed by atoms with van der Waals surface area (Å²) in [5, 5.41) is 3.02. The van der Waals surface area contributed by atoms with Gasteiger partial charge in [-0.25, -0.2) is 0 Å². The fourth-order valence-electron chi connectivity index (χ4n) is 6.31. The van der Waals surface area contributed by atoms with Gasteiger partial charge in [0.2, 0.25) is 0 Å². The minimum atomic E-state index is 0.824. The highest BCUT2D eigenvalue weighted by Crippen LogP contribution is 2.60. The summed E-state index contributed by atoms with van der Waals surface area (Å²) in [6, 6.07) is 12.1. The van der Waals surface area contributed by atoms with Crippen molar-refractivity contribution >= 4 is 33.4 Å². The van der Waals surface area contributed by atoms with E-state index in [1.165, 1.54) is 99.7 Å². The summed E-state index contributed by atoms with van der Waals surface area (Å²) in [4.78, 5) is 6.08. The van der Waals surface area contributed by atoms with E-state index in [-0.39, 0.29) is 0 Å².